The van der Waals surface area contributed by atoms with Gasteiger partial charge < -0.3 is 9.47 Å². The van der Waals surface area contributed by atoms with Gasteiger partial charge in [-0.1, -0.05) is 6.07 Å². The van der Waals surface area contributed by atoms with Gasteiger partial charge in [-0.25, -0.2) is 9.80 Å². The molecular formula is C11H12N4O3. The van der Waals surface area contributed by atoms with Crippen LogP contribution in [0, 0.1) is 0 Å². The number of amides is 1. The number of anilines is 1. The van der Waals surface area contributed by atoms with Gasteiger partial charge in [-0.2, -0.15) is 0 Å². The van der Waals surface area contributed by atoms with Crippen LogP contribution in [-0.2, 0) is 11.2 Å². The lowest BCUT2D eigenvalue weighted by Crippen LogP contribution is -2.43. The minimum Gasteiger partial charge on any atom is -0.493 e. The lowest BCUT2D eigenvalue weighted by molar-refractivity contribution is 0.110. The van der Waals surface area contributed by atoms with Gasteiger partial charge in [0.1, 0.15) is 12.1 Å². The third-order valence-electron chi connectivity index (χ3n) is 2.79. The van der Waals surface area contributed by atoms with Crippen LogP contribution in [0.15, 0.2) is 23.3 Å². The van der Waals surface area contributed by atoms with E-state index in [2.05, 4.69) is 15.4 Å². The summed E-state index contributed by atoms with van der Waals surface area (Å²) in [4.78, 5) is 11.3. The van der Waals surface area contributed by atoms with Crippen molar-refractivity contribution in [2.45, 2.75) is 6.42 Å². The molecule has 94 valence electrons. The van der Waals surface area contributed by atoms with Crippen LogP contribution >= 0.6 is 0 Å². The fourth-order valence-corrected chi connectivity index (χ4v) is 1.86. The van der Waals surface area contributed by atoms with Gasteiger partial charge in [0.2, 0.25) is 0 Å². The highest BCUT2D eigenvalue weighted by atomic mass is 16.6. The first-order valence-corrected chi connectivity index (χ1v) is 5.51. The Morgan fingerprint density at radius 3 is 3.28 bits per heavy atom. The predicted molar refractivity (Wildman–Crippen MR) is 64.0 cm³/mol. The molecule has 1 aromatic carbocycles. The van der Waals surface area contributed by atoms with E-state index < -0.39 is 6.09 Å². The highest BCUT2D eigenvalue weighted by Gasteiger charge is 2.22. The van der Waals surface area contributed by atoms with Crippen molar-refractivity contribution in [3.8, 4) is 5.75 Å². The summed E-state index contributed by atoms with van der Waals surface area (Å²) < 4.78 is 10.0. The molecule has 0 spiro atoms. The first-order chi connectivity index (χ1) is 8.78. The SMILES string of the molecule is COC(=O)N1N=CN(c2ccc3c(c2)OCC3)N1. The summed E-state index contributed by atoms with van der Waals surface area (Å²) in [7, 11) is 1.30. The third-order valence-corrected chi connectivity index (χ3v) is 2.79. The zero-order valence-corrected chi connectivity index (χ0v) is 9.79. The number of ether oxygens (including phenoxy) is 2. The molecule has 2 heterocycles. The molecule has 3 rings (SSSR count). The molecule has 0 unspecified atom stereocenters. The van der Waals surface area contributed by atoms with Crippen LogP contribution in [0.3, 0.4) is 0 Å². The molecule has 0 radical (unpaired) electrons. The number of nitrogens with zero attached hydrogens (tertiary/aromatic N) is 3. The van der Waals surface area contributed by atoms with E-state index in [1.54, 1.807) is 5.01 Å². The first kappa shape index (κ1) is 10.8. The molecule has 0 fully saturated rings. The Bertz CT molecular complexity index is 517. The number of rotatable bonds is 1. The number of hydrazine groups is 2. The maximum atomic E-state index is 11.3. The summed E-state index contributed by atoms with van der Waals surface area (Å²) in [6.45, 7) is 0.717. The molecule has 2 aliphatic rings. The molecule has 1 N–H and O–H groups in total. The van der Waals surface area contributed by atoms with Crippen LogP contribution < -0.4 is 15.3 Å². The van der Waals surface area contributed by atoms with Crippen molar-refractivity contribution >= 4 is 18.1 Å². The smallest absolute Gasteiger partial charge is 0.447 e. The number of hydrogen-bond donors (Lipinski definition) is 1. The summed E-state index contributed by atoms with van der Waals surface area (Å²) in [5.74, 6) is 0.874. The maximum Gasteiger partial charge on any atom is 0.447 e. The number of carbonyl (C=O) groups excluding carboxylic acids is 1. The number of methoxy groups -OCH3 is 1. The van der Waals surface area contributed by atoms with E-state index in [0.717, 1.165) is 23.0 Å². The van der Waals surface area contributed by atoms with E-state index in [9.17, 15) is 4.79 Å². The Balaban J connectivity index is 1.77. The minimum absolute atomic E-state index is 0.578. The summed E-state index contributed by atoms with van der Waals surface area (Å²) in [6, 6.07) is 5.85. The summed E-state index contributed by atoms with van der Waals surface area (Å²) in [5, 5.41) is 6.48. The lowest BCUT2D eigenvalue weighted by Gasteiger charge is -2.18. The minimum atomic E-state index is -0.578. The molecule has 7 nitrogen and oxygen atoms in total. The van der Waals surface area contributed by atoms with Crippen molar-refractivity contribution in [3.05, 3.63) is 23.8 Å². The van der Waals surface area contributed by atoms with Crippen LogP contribution in [0.25, 0.3) is 0 Å². The Morgan fingerprint density at radius 1 is 1.56 bits per heavy atom. The topological polar surface area (TPSA) is 66.4 Å². The second-order valence-electron chi connectivity index (χ2n) is 3.87. The molecule has 18 heavy (non-hydrogen) atoms. The molecular weight excluding hydrogens is 236 g/mol. The maximum absolute atomic E-state index is 11.3. The van der Waals surface area contributed by atoms with Gasteiger partial charge in [-0.3, -0.25) is 0 Å². The van der Waals surface area contributed by atoms with Crippen LogP contribution in [0.2, 0.25) is 0 Å². The average Bonchev–Trinajstić information content (AvgIpc) is 3.05. The highest BCUT2D eigenvalue weighted by Crippen LogP contribution is 2.29. The second kappa shape index (κ2) is 4.19. The Morgan fingerprint density at radius 2 is 2.44 bits per heavy atom. The van der Waals surface area contributed by atoms with Crippen molar-refractivity contribution in [2.24, 2.45) is 5.10 Å². The van der Waals surface area contributed by atoms with Crippen LogP contribution in [0.1, 0.15) is 5.56 Å². The summed E-state index contributed by atoms with van der Waals surface area (Å²) in [6.07, 6.45) is 1.85. The molecule has 0 atom stereocenters. The van der Waals surface area contributed by atoms with Crippen LogP contribution in [0.4, 0.5) is 10.5 Å². The zero-order valence-electron chi connectivity index (χ0n) is 9.79. The number of fused-ring (bicyclic) bond motifs is 1. The Kier molecular flexibility index (Phi) is 2.52. The first-order valence-electron chi connectivity index (χ1n) is 5.51. The van der Waals surface area contributed by atoms with Crippen molar-refractivity contribution in [1.29, 1.82) is 0 Å². The predicted octanol–water partition coefficient (Wildman–Crippen LogP) is 0.873. The van der Waals surface area contributed by atoms with E-state index in [4.69, 9.17) is 4.74 Å². The Hall–Kier alpha value is -2.28. The van der Waals surface area contributed by atoms with Crippen molar-refractivity contribution < 1.29 is 14.3 Å². The molecule has 0 saturated heterocycles. The van der Waals surface area contributed by atoms with Crippen LogP contribution in [-0.4, -0.2) is 31.3 Å². The molecule has 0 bridgehead atoms. The van der Waals surface area contributed by atoms with Crippen molar-refractivity contribution in [3.63, 3.8) is 0 Å². The second-order valence-corrected chi connectivity index (χ2v) is 3.87. The number of hydrogen-bond acceptors (Lipinski definition) is 6. The molecule has 0 aliphatic carbocycles. The van der Waals surface area contributed by atoms with E-state index in [-0.39, 0.29) is 0 Å². The monoisotopic (exact) mass is 248 g/mol. The lowest BCUT2D eigenvalue weighted by atomic mass is 10.1. The molecule has 1 amide bonds. The molecule has 0 aromatic heterocycles. The number of nitrogens with one attached hydrogen (secondary N) is 1. The molecule has 0 saturated carbocycles. The van der Waals surface area contributed by atoms with Gasteiger partial charge in [-0.05, 0) is 11.6 Å². The number of benzene rings is 1. The van der Waals surface area contributed by atoms with Gasteiger partial charge in [-0.15, -0.1) is 15.8 Å². The third kappa shape index (κ3) is 1.74. The Labute approximate surface area is 104 Å². The fourth-order valence-electron chi connectivity index (χ4n) is 1.86. The van der Waals surface area contributed by atoms with E-state index in [1.165, 1.54) is 19.0 Å². The van der Waals surface area contributed by atoms with Gasteiger partial charge in [0.25, 0.3) is 0 Å². The molecule has 1 aromatic rings. The van der Waals surface area contributed by atoms with E-state index in [0.29, 0.717) is 6.61 Å². The highest BCUT2D eigenvalue weighted by molar-refractivity contribution is 5.82. The quantitative estimate of drug-likeness (QED) is 0.799. The van der Waals surface area contributed by atoms with Crippen molar-refractivity contribution in [2.75, 3.05) is 18.7 Å². The number of carbonyl (C=O) groups is 1. The van der Waals surface area contributed by atoms with Crippen LogP contribution in [0.5, 0.6) is 5.75 Å². The standard InChI is InChI=1S/C11H12N4O3/c1-17-11(16)15-12-7-14(13-15)9-3-2-8-4-5-18-10(8)6-9/h2-3,6-7,13H,4-5H2,1H3. The van der Waals surface area contributed by atoms with Crippen molar-refractivity contribution in [1.82, 2.24) is 10.7 Å². The average molecular weight is 248 g/mol. The zero-order chi connectivity index (χ0) is 12.5. The normalized spacial score (nSPS) is 16.7. The van der Waals surface area contributed by atoms with Gasteiger partial charge >= 0.3 is 6.09 Å². The van der Waals surface area contributed by atoms with Gasteiger partial charge in [0.05, 0.1) is 19.4 Å². The van der Waals surface area contributed by atoms with E-state index >= 15 is 0 Å². The largest absolute Gasteiger partial charge is 0.493 e. The molecule has 7 heteroatoms. The van der Waals surface area contributed by atoms with E-state index in [1.807, 2.05) is 18.2 Å². The van der Waals surface area contributed by atoms with Gasteiger partial charge in [0.15, 0.2) is 0 Å². The number of hydrazone groups is 1. The fraction of sp³-hybridized carbons (Fsp3) is 0.273. The van der Waals surface area contributed by atoms with Gasteiger partial charge in [0, 0.05) is 12.5 Å². The summed E-state index contributed by atoms with van der Waals surface area (Å²) >= 11 is 0. The summed E-state index contributed by atoms with van der Waals surface area (Å²) in [5.41, 5.74) is 4.80. The molecule has 2 aliphatic heterocycles.